The van der Waals surface area contributed by atoms with E-state index in [-0.39, 0.29) is 5.91 Å². The predicted octanol–water partition coefficient (Wildman–Crippen LogP) is 1.88. The summed E-state index contributed by atoms with van der Waals surface area (Å²) in [5, 5.41) is 9.18. The average molecular weight is 371 g/mol. The Balaban J connectivity index is 1.52. The van der Waals surface area contributed by atoms with E-state index in [1.165, 1.54) is 4.88 Å². The maximum absolute atomic E-state index is 12.9. The molecular formula is C17H21N7OS. The molecule has 3 aromatic rings. The number of anilines is 1. The van der Waals surface area contributed by atoms with Crippen LogP contribution >= 0.6 is 11.3 Å². The molecule has 1 amide bonds. The van der Waals surface area contributed by atoms with Crippen LogP contribution in [0.4, 0.5) is 5.82 Å². The minimum atomic E-state index is 0.00760. The molecule has 3 aromatic heterocycles. The number of fused-ring (bicyclic) bond motifs is 1. The molecule has 0 aromatic carbocycles. The number of aromatic nitrogens is 5. The summed E-state index contributed by atoms with van der Waals surface area (Å²) in [7, 11) is 0. The Labute approximate surface area is 155 Å². The highest BCUT2D eigenvalue weighted by atomic mass is 32.1. The fourth-order valence-electron chi connectivity index (χ4n) is 3.37. The van der Waals surface area contributed by atoms with E-state index in [1.807, 2.05) is 18.7 Å². The van der Waals surface area contributed by atoms with Crippen LogP contribution in [0.5, 0.6) is 0 Å². The predicted molar refractivity (Wildman–Crippen MR) is 101 cm³/mol. The molecule has 0 N–H and O–H groups in total. The highest BCUT2D eigenvalue weighted by Gasteiger charge is 2.27. The fraction of sp³-hybridized carbons (Fsp3) is 0.471. The summed E-state index contributed by atoms with van der Waals surface area (Å²) >= 11 is 1.68. The Morgan fingerprint density at radius 3 is 2.69 bits per heavy atom. The van der Waals surface area contributed by atoms with Gasteiger partial charge in [-0.1, -0.05) is 5.21 Å². The molecule has 0 atom stereocenters. The highest BCUT2D eigenvalue weighted by molar-refractivity contribution is 7.18. The molecule has 4 heterocycles. The van der Waals surface area contributed by atoms with Crippen molar-refractivity contribution in [2.75, 3.05) is 31.1 Å². The minimum Gasteiger partial charge on any atom is -0.352 e. The summed E-state index contributed by atoms with van der Waals surface area (Å²) < 4.78 is 1.67. The second-order valence-electron chi connectivity index (χ2n) is 6.39. The van der Waals surface area contributed by atoms with Gasteiger partial charge in [0, 0.05) is 37.6 Å². The van der Waals surface area contributed by atoms with Crippen LogP contribution in [0.1, 0.15) is 28.0 Å². The number of rotatable bonds is 3. The number of hydrogen-bond donors (Lipinski definition) is 0. The van der Waals surface area contributed by atoms with E-state index in [1.54, 1.807) is 22.3 Å². The van der Waals surface area contributed by atoms with Gasteiger partial charge in [-0.05, 0) is 26.8 Å². The van der Waals surface area contributed by atoms with Crippen molar-refractivity contribution in [3.8, 4) is 0 Å². The van der Waals surface area contributed by atoms with E-state index in [0.29, 0.717) is 31.0 Å². The van der Waals surface area contributed by atoms with Crippen LogP contribution in [-0.2, 0) is 6.54 Å². The number of hydrogen-bond acceptors (Lipinski definition) is 7. The van der Waals surface area contributed by atoms with Gasteiger partial charge in [-0.2, -0.15) is 0 Å². The van der Waals surface area contributed by atoms with Crippen LogP contribution < -0.4 is 4.90 Å². The maximum Gasteiger partial charge on any atom is 0.274 e. The molecule has 0 saturated carbocycles. The summed E-state index contributed by atoms with van der Waals surface area (Å²) in [6, 6.07) is 2.14. The fourth-order valence-corrected chi connectivity index (χ4v) is 4.21. The van der Waals surface area contributed by atoms with Gasteiger partial charge >= 0.3 is 0 Å². The van der Waals surface area contributed by atoms with Crippen LogP contribution in [0.3, 0.4) is 0 Å². The number of amides is 1. The number of nitrogens with zero attached hydrogens (tertiary/aromatic N) is 7. The molecule has 26 heavy (non-hydrogen) atoms. The van der Waals surface area contributed by atoms with E-state index in [9.17, 15) is 4.79 Å². The third-order valence-corrected chi connectivity index (χ3v) is 5.66. The molecule has 1 fully saturated rings. The molecule has 1 aliphatic heterocycles. The molecule has 0 spiro atoms. The maximum atomic E-state index is 12.9. The molecule has 4 rings (SSSR count). The van der Waals surface area contributed by atoms with Gasteiger partial charge in [0.05, 0.1) is 11.1 Å². The van der Waals surface area contributed by atoms with Crippen LogP contribution in [0, 0.1) is 13.8 Å². The number of aryl methyl sites for hydroxylation is 3. The molecule has 0 bridgehead atoms. The zero-order valence-corrected chi connectivity index (χ0v) is 16.0. The van der Waals surface area contributed by atoms with Crippen molar-refractivity contribution in [3.63, 3.8) is 0 Å². The first kappa shape index (κ1) is 16.9. The molecule has 8 nitrogen and oxygen atoms in total. The zero-order chi connectivity index (χ0) is 18.3. The molecule has 136 valence electrons. The van der Waals surface area contributed by atoms with Crippen LogP contribution in [0.25, 0.3) is 10.2 Å². The lowest BCUT2D eigenvalue weighted by molar-refractivity contribution is 0.0733. The van der Waals surface area contributed by atoms with Crippen LogP contribution in [-0.4, -0.2) is 61.9 Å². The summed E-state index contributed by atoms with van der Waals surface area (Å²) in [5.41, 5.74) is 1.28. The lowest BCUT2D eigenvalue weighted by Gasteiger charge is -2.35. The topological polar surface area (TPSA) is 80.0 Å². The third-order valence-electron chi connectivity index (χ3n) is 4.70. The average Bonchev–Trinajstić information content (AvgIpc) is 3.22. The Morgan fingerprint density at radius 2 is 1.96 bits per heavy atom. The van der Waals surface area contributed by atoms with E-state index in [4.69, 9.17) is 0 Å². The minimum absolute atomic E-state index is 0.00760. The van der Waals surface area contributed by atoms with Gasteiger partial charge in [0.25, 0.3) is 5.91 Å². The molecule has 0 radical (unpaired) electrons. The van der Waals surface area contributed by atoms with Crippen molar-refractivity contribution in [2.45, 2.75) is 27.3 Å². The van der Waals surface area contributed by atoms with Crippen molar-refractivity contribution in [2.24, 2.45) is 0 Å². The normalized spacial score (nSPS) is 15.0. The second kappa shape index (κ2) is 6.64. The zero-order valence-electron chi connectivity index (χ0n) is 15.1. The van der Waals surface area contributed by atoms with Crippen molar-refractivity contribution < 1.29 is 4.79 Å². The largest absolute Gasteiger partial charge is 0.352 e. The standard InChI is InChI=1S/C17H21N7OS/c1-4-24-14(12(3)20-21-24)17(25)23-7-5-22(6-8-23)15-13-9-11(2)26-16(13)19-10-18-15/h9-10H,4-8H2,1-3H3. The first-order chi connectivity index (χ1) is 12.6. The Kier molecular flexibility index (Phi) is 4.31. The van der Waals surface area contributed by atoms with Gasteiger partial charge in [0.1, 0.15) is 22.7 Å². The molecule has 0 aliphatic carbocycles. The van der Waals surface area contributed by atoms with Crippen molar-refractivity contribution in [3.05, 3.63) is 28.7 Å². The van der Waals surface area contributed by atoms with E-state index in [2.05, 4.69) is 38.2 Å². The Hall–Kier alpha value is -2.55. The Morgan fingerprint density at radius 1 is 1.19 bits per heavy atom. The number of carbonyl (C=O) groups is 1. The number of piperazine rings is 1. The number of thiophene rings is 1. The third kappa shape index (κ3) is 2.82. The summed E-state index contributed by atoms with van der Waals surface area (Å²) in [6.07, 6.45) is 1.62. The van der Waals surface area contributed by atoms with Crippen LogP contribution in [0.2, 0.25) is 0 Å². The Bertz CT molecular complexity index is 955. The summed E-state index contributed by atoms with van der Waals surface area (Å²) in [6.45, 7) is 9.33. The lowest BCUT2D eigenvalue weighted by atomic mass is 10.2. The van der Waals surface area contributed by atoms with Gasteiger partial charge < -0.3 is 9.80 Å². The first-order valence-electron chi connectivity index (χ1n) is 8.74. The van der Waals surface area contributed by atoms with Gasteiger partial charge in [0.2, 0.25) is 0 Å². The smallest absolute Gasteiger partial charge is 0.274 e. The molecule has 1 saturated heterocycles. The monoisotopic (exact) mass is 371 g/mol. The van der Waals surface area contributed by atoms with E-state index < -0.39 is 0 Å². The quantitative estimate of drug-likeness (QED) is 0.699. The number of carbonyl (C=O) groups excluding carboxylic acids is 1. The molecule has 0 unspecified atom stereocenters. The van der Waals surface area contributed by atoms with Crippen LogP contribution in [0.15, 0.2) is 12.4 Å². The lowest BCUT2D eigenvalue weighted by Crippen LogP contribution is -2.49. The molecule has 9 heteroatoms. The second-order valence-corrected chi connectivity index (χ2v) is 7.63. The van der Waals surface area contributed by atoms with Crippen molar-refractivity contribution in [1.29, 1.82) is 0 Å². The SMILES string of the molecule is CCn1nnc(C)c1C(=O)N1CCN(c2ncnc3sc(C)cc23)CC1. The van der Waals surface area contributed by atoms with Crippen molar-refractivity contribution >= 4 is 33.3 Å². The van der Waals surface area contributed by atoms with Crippen molar-refractivity contribution in [1.82, 2.24) is 29.9 Å². The summed E-state index contributed by atoms with van der Waals surface area (Å²) in [4.78, 5) is 28.1. The molecular weight excluding hydrogens is 350 g/mol. The van der Waals surface area contributed by atoms with Gasteiger partial charge in [0.15, 0.2) is 0 Å². The van der Waals surface area contributed by atoms with Gasteiger partial charge in [-0.15, -0.1) is 16.4 Å². The van der Waals surface area contributed by atoms with E-state index >= 15 is 0 Å². The summed E-state index contributed by atoms with van der Waals surface area (Å²) in [5.74, 6) is 0.969. The first-order valence-corrected chi connectivity index (χ1v) is 9.55. The van der Waals surface area contributed by atoms with Gasteiger partial charge in [-0.3, -0.25) is 4.79 Å². The van der Waals surface area contributed by atoms with Gasteiger partial charge in [-0.25, -0.2) is 14.6 Å². The molecule has 1 aliphatic rings. The highest BCUT2D eigenvalue weighted by Crippen LogP contribution is 2.30. The van der Waals surface area contributed by atoms with E-state index in [0.717, 1.165) is 29.1 Å².